The van der Waals surface area contributed by atoms with Crippen molar-refractivity contribution in [2.75, 3.05) is 5.73 Å². The van der Waals surface area contributed by atoms with Crippen LogP contribution in [0.15, 0.2) is 24.4 Å². The molecule has 0 aliphatic carbocycles. The average molecular weight is 147 g/mol. The molecule has 0 fully saturated rings. The predicted octanol–water partition coefficient (Wildman–Crippen LogP) is 1.16. The summed E-state index contributed by atoms with van der Waals surface area (Å²) in [5, 5.41) is 5.22. The Labute approximate surface area is 64.4 Å². The van der Waals surface area contributed by atoms with Crippen LogP contribution < -0.4 is 5.73 Å². The van der Waals surface area contributed by atoms with Crippen molar-refractivity contribution >= 4 is 16.6 Å². The standard InChI is InChI=1S/C8H9N3/c1-11-8-4-7(9)3-2-6(8)5-10-11/h2-5H,9H2,1H3. The molecule has 2 N–H and O–H groups in total. The largest absolute Gasteiger partial charge is 0.399 e. The van der Waals surface area contributed by atoms with Gasteiger partial charge in [0.05, 0.1) is 11.7 Å². The minimum atomic E-state index is 0.779. The quantitative estimate of drug-likeness (QED) is 0.568. The molecule has 0 saturated heterocycles. The van der Waals surface area contributed by atoms with Gasteiger partial charge in [0.25, 0.3) is 0 Å². The summed E-state index contributed by atoms with van der Waals surface area (Å²) in [6.07, 6.45) is 1.83. The van der Waals surface area contributed by atoms with Gasteiger partial charge in [0.2, 0.25) is 0 Å². The third-order valence-corrected chi connectivity index (χ3v) is 1.77. The molecule has 0 bridgehead atoms. The predicted molar refractivity (Wildman–Crippen MR) is 45.1 cm³/mol. The molecule has 0 aliphatic rings. The highest BCUT2D eigenvalue weighted by Gasteiger charge is 1.97. The summed E-state index contributed by atoms with van der Waals surface area (Å²) in [6, 6.07) is 5.77. The Kier molecular flexibility index (Phi) is 1.12. The Hall–Kier alpha value is -1.51. The first-order valence-corrected chi connectivity index (χ1v) is 3.44. The zero-order chi connectivity index (χ0) is 7.84. The summed E-state index contributed by atoms with van der Waals surface area (Å²) in [5.74, 6) is 0. The molecule has 3 nitrogen and oxygen atoms in total. The van der Waals surface area contributed by atoms with Crippen LogP contribution in [0.3, 0.4) is 0 Å². The molecule has 0 unspecified atom stereocenters. The van der Waals surface area contributed by atoms with Crippen molar-refractivity contribution < 1.29 is 0 Å². The lowest BCUT2D eigenvalue weighted by atomic mass is 10.2. The third-order valence-electron chi connectivity index (χ3n) is 1.77. The molecule has 0 aliphatic heterocycles. The number of nitrogens with two attached hydrogens (primary N) is 1. The van der Waals surface area contributed by atoms with E-state index in [0.717, 1.165) is 16.6 Å². The lowest BCUT2D eigenvalue weighted by Gasteiger charge is -1.94. The van der Waals surface area contributed by atoms with Gasteiger partial charge < -0.3 is 5.73 Å². The summed E-state index contributed by atoms with van der Waals surface area (Å²) in [4.78, 5) is 0. The minimum absolute atomic E-state index is 0.779. The third kappa shape index (κ3) is 0.852. The van der Waals surface area contributed by atoms with Gasteiger partial charge in [-0.15, -0.1) is 0 Å². The second-order valence-corrected chi connectivity index (χ2v) is 2.59. The molecule has 1 aromatic carbocycles. The van der Waals surface area contributed by atoms with Crippen molar-refractivity contribution in [3.63, 3.8) is 0 Å². The van der Waals surface area contributed by atoms with E-state index < -0.39 is 0 Å². The fourth-order valence-corrected chi connectivity index (χ4v) is 1.16. The van der Waals surface area contributed by atoms with E-state index in [-0.39, 0.29) is 0 Å². The molecule has 1 aromatic heterocycles. The van der Waals surface area contributed by atoms with Crippen LogP contribution in [0.5, 0.6) is 0 Å². The van der Waals surface area contributed by atoms with Crippen molar-refractivity contribution in [2.24, 2.45) is 7.05 Å². The van der Waals surface area contributed by atoms with Crippen LogP contribution >= 0.6 is 0 Å². The van der Waals surface area contributed by atoms with E-state index in [4.69, 9.17) is 5.73 Å². The van der Waals surface area contributed by atoms with Crippen LogP contribution in [0.4, 0.5) is 5.69 Å². The lowest BCUT2D eigenvalue weighted by molar-refractivity contribution is 0.797. The molecule has 0 spiro atoms. The molecule has 0 atom stereocenters. The average Bonchev–Trinajstić information content (AvgIpc) is 2.33. The van der Waals surface area contributed by atoms with Crippen LogP contribution in [0.1, 0.15) is 0 Å². The smallest absolute Gasteiger partial charge is 0.0699 e. The van der Waals surface area contributed by atoms with E-state index in [0.29, 0.717) is 0 Å². The van der Waals surface area contributed by atoms with Crippen LogP contribution in [0.2, 0.25) is 0 Å². The molecule has 3 heteroatoms. The topological polar surface area (TPSA) is 43.8 Å². The monoisotopic (exact) mass is 147 g/mol. The summed E-state index contributed by atoms with van der Waals surface area (Å²) < 4.78 is 1.81. The van der Waals surface area contributed by atoms with E-state index in [2.05, 4.69) is 5.10 Å². The van der Waals surface area contributed by atoms with Gasteiger partial charge in [-0.2, -0.15) is 5.10 Å². The van der Waals surface area contributed by atoms with Crippen LogP contribution in [-0.4, -0.2) is 9.78 Å². The van der Waals surface area contributed by atoms with E-state index in [1.807, 2.05) is 36.1 Å². The van der Waals surface area contributed by atoms with Gasteiger partial charge in [0.1, 0.15) is 0 Å². The van der Waals surface area contributed by atoms with Crippen molar-refractivity contribution in [1.82, 2.24) is 9.78 Å². The van der Waals surface area contributed by atoms with Crippen molar-refractivity contribution in [1.29, 1.82) is 0 Å². The van der Waals surface area contributed by atoms with Crippen molar-refractivity contribution in [2.45, 2.75) is 0 Å². The van der Waals surface area contributed by atoms with Gasteiger partial charge in [0.15, 0.2) is 0 Å². The number of benzene rings is 1. The number of rotatable bonds is 0. The molecular weight excluding hydrogens is 138 g/mol. The number of fused-ring (bicyclic) bond motifs is 1. The molecular formula is C8H9N3. The number of anilines is 1. The maximum absolute atomic E-state index is 5.61. The highest BCUT2D eigenvalue weighted by Crippen LogP contribution is 2.15. The number of nitrogen functional groups attached to an aromatic ring is 1. The Morgan fingerprint density at radius 3 is 3.09 bits per heavy atom. The number of aryl methyl sites for hydroxylation is 1. The maximum Gasteiger partial charge on any atom is 0.0699 e. The number of nitrogens with zero attached hydrogens (tertiary/aromatic N) is 2. The maximum atomic E-state index is 5.61. The van der Waals surface area contributed by atoms with Gasteiger partial charge in [-0.1, -0.05) is 0 Å². The van der Waals surface area contributed by atoms with Crippen LogP contribution in [0.25, 0.3) is 10.9 Å². The summed E-state index contributed by atoms with van der Waals surface area (Å²) in [5.41, 5.74) is 7.46. The summed E-state index contributed by atoms with van der Waals surface area (Å²) in [7, 11) is 1.90. The summed E-state index contributed by atoms with van der Waals surface area (Å²) >= 11 is 0. The van der Waals surface area contributed by atoms with Gasteiger partial charge >= 0.3 is 0 Å². The van der Waals surface area contributed by atoms with Gasteiger partial charge in [-0.25, -0.2) is 0 Å². The fraction of sp³-hybridized carbons (Fsp3) is 0.125. The molecule has 1 heterocycles. The zero-order valence-corrected chi connectivity index (χ0v) is 6.28. The Balaban J connectivity index is 2.87. The zero-order valence-electron chi connectivity index (χ0n) is 6.28. The molecule has 0 saturated carbocycles. The van der Waals surface area contributed by atoms with Crippen LogP contribution in [0, 0.1) is 0 Å². The van der Waals surface area contributed by atoms with Crippen molar-refractivity contribution in [3.8, 4) is 0 Å². The summed E-state index contributed by atoms with van der Waals surface area (Å²) in [6.45, 7) is 0. The normalized spacial score (nSPS) is 10.6. The highest BCUT2D eigenvalue weighted by molar-refractivity contribution is 5.81. The lowest BCUT2D eigenvalue weighted by Crippen LogP contribution is -1.90. The Morgan fingerprint density at radius 2 is 2.27 bits per heavy atom. The van der Waals surface area contributed by atoms with Crippen molar-refractivity contribution in [3.05, 3.63) is 24.4 Å². The van der Waals surface area contributed by atoms with Gasteiger partial charge in [-0.05, 0) is 18.2 Å². The first-order chi connectivity index (χ1) is 5.27. The molecule has 2 rings (SSSR count). The van der Waals surface area contributed by atoms with E-state index in [1.165, 1.54) is 0 Å². The SMILES string of the molecule is Cn1ncc2ccc(N)cc21. The second-order valence-electron chi connectivity index (χ2n) is 2.59. The van der Waals surface area contributed by atoms with Crippen LogP contribution in [-0.2, 0) is 7.05 Å². The van der Waals surface area contributed by atoms with E-state index in [9.17, 15) is 0 Å². The molecule has 11 heavy (non-hydrogen) atoms. The minimum Gasteiger partial charge on any atom is -0.399 e. The number of aromatic nitrogens is 2. The fourth-order valence-electron chi connectivity index (χ4n) is 1.16. The first-order valence-electron chi connectivity index (χ1n) is 3.44. The Morgan fingerprint density at radius 1 is 1.45 bits per heavy atom. The number of hydrogen-bond donors (Lipinski definition) is 1. The van der Waals surface area contributed by atoms with Gasteiger partial charge in [-0.3, -0.25) is 4.68 Å². The van der Waals surface area contributed by atoms with Gasteiger partial charge in [0, 0.05) is 18.1 Å². The van der Waals surface area contributed by atoms with E-state index in [1.54, 1.807) is 0 Å². The molecule has 56 valence electrons. The highest BCUT2D eigenvalue weighted by atomic mass is 15.2. The van der Waals surface area contributed by atoms with E-state index >= 15 is 0 Å². The first kappa shape index (κ1) is 6.22. The molecule has 0 radical (unpaired) electrons. The Bertz CT molecular complexity index is 389. The number of hydrogen-bond acceptors (Lipinski definition) is 2. The molecule has 0 amide bonds. The second kappa shape index (κ2) is 1.99. The molecule has 2 aromatic rings.